The topological polar surface area (TPSA) is 59.3 Å². The minimum atomic E-state index is -0.484. The van der Waals surface area contributed by atoms with Crippen LogP contribution in [-0.4, -0.2) is 13.1 Å². The molecule has 2 aromatic carbocycles. The molecule has 0 saturated carbocycles. The molecule has 102 valence electrons. The number of esters is 1. The maximum atomic E-state index is 9.97. The Morgan fingerprint density at radius 2 is 1.45 bits per heavy atom. The third-order valence-electron chi connectivity index (χ3n) is 2.17. The van der Waals surface area contributed by atoms with Crippen LogP contribution in [0, 0.1) is 11.3 Å². The van der Waals surface area contributed by atoms with Gasteiger partial charge in [0.05, 0.1) is 13.2 Å². The zero-order chi connectivity index (χ0) is 14.6. The van der Waals surface area contributed by atoms with E-state index in [9.17, 15) is 4.79 Å². The summed E-state index contributed by atoms with van der Waals surface area (Å²) in [5.74, 6) is 1.25. The van der Waals surface area contributed by atoms with E-state index in [-0.39, 0.29) is 6.42 Å². The summed E-state index contributed by atoms with van der Waals surface area (Å²) >= 11 is 0. The number of para-hydroxylation sites is 2. The Hall–Kier alpha value is -2.80. The van der Waals surface area contributed by atoms with Crippen LogP contribution in [0.1, 0.15) is 6.42 Å². The van der Waals surface area contributed by atoms with Crippen molar-refractivity contribution in [3.05, 3.63) is 60.7 Å². The molecule has 0 N–H and O–H groups in total. The van der Waals surface area contributed by atoms with Crippen molar-refractivity contribution in [1.82, 2.24) is 0 Å². The minimum absolute atomic E-state index is 0.156. The minimum Gasteiger partial charge on any atom is -0.468 e. The standard InChI is InChI=1S/C12H10O.C4H5NO2/c1-3-7-11(8-4-1)13-12-9-5-2-6-10-12;1-7-4(6)2-3-5/h1-10H;2H2,1H3. The summed E-state index contributed by atoms with van der Waals surface area (Å²) in [5.41, 5.74) is 0. The van der Waals surface area contributed by atoms with E-state index in [2.05, 4.69) is 4.74 Å². The van der Waals surface area contributed by atoms with Crippen LogP contribution in [0.5, 0.6) is 11.5 Å². The second-order valence-electron chi connectivity index (χ2n) is 3.64. The van der Waals surface area contributed by atoms with E-state index in [1.807, 2.05) is 60.7 Å². The molecular formula is C16H15NO3. The molecule has 0 saturated heterocycles. The van der Waals surface area contributed by atoms with E-state index in [1.54, 1.807) is 6.07 Å². The Morgan fingerprint density at radius 3 is 1.75 bits per heavy atom. The molecule has 2 rings (SSSR count). The number of nitriles is 1. The first kappa shape index (κ1) is 15.3. The van der Waals surface area contributed by atoms with E-state index in [0.717, 1.165) is 11.5 Å². The molecule has 4 heteroatoms. The number of hydrogen-bond donors (Lipinski definition) is 0. The van der Waals surface area contributed by atoms with Gasteiger partial charge in [0.1, 0.15) is 17.9 Å². The normalized spacial score (nSPS) is 8.60. The Kier molecular flexibility index (Phi) is 7.00. The van der Waals surface area contributed by atoms with Gasteiger partial charge in [0.2, 0.25) is 0 Å². The van der Waals surface area contributed by atoms with Crippen molar-refractivity contribution in [2.75, 3.05) is 7.11 Å². The predicted molar refractivity (Wildman–Crippen MR) is 75.2 cm³/mol. The van der Waals surface area contributed by atoms with Crippen molar-refractivity contribution in [2.24, 2.45) is 0 Å². The van der Waals surface area contributed by atoms with E-state index in [0.29, 0.717) is 0 Å². The largest absolute Gasteiger partial charge is 0.468 e. The lowest BCUT2D eigenvalue weighted by molar-refractivity contribution is -0.139. The van der Waals surface area contributed by atoms with Crippen LogP contribution in [0.25, 0.3) is 0 Å². The van der Waals surface area contributed by atoms with Gasteiger partial charge < -0.3 is 9.47 Å². The number of rotatable bonds is 3. The van der Waals surface area contributed by atoms with Crippen molar-refractivity contribution in [3.63, 3.8) is 0 Å². The summed E-state index contributed by atoms with van der Waals surface area (Å²) in [6.07, 6.45) is -0.156. The molecule has 0 bridgehead atoms. The molecular weight excluding hydrogens is 254 g/mol. The highest BCUT2D eigenvalue weighted by Gasteiger charge is 1.93. The van der Waals surface area contributed by atoms with Crippen LogP contribution in [0.15, 0.2) is 60.7 Å². The van der Waals surface area contributed by atoms with Crippen LogP contribution in [0.4, 0.5) is 0 Å². The van der Waals surface area contributed by atoms with Gasteiger partial charge >= 0.3 is 5.97 Å². The average Bonchev–Trinajstić information content (AvgIpc) is 2.50. The van der Waals surface area contributed by atoms with Gasteiger partial charge in [-0.3, -0.25) is 4.79 Å². The van der Waals surface area contributed by atoms with Gasteiger partial charge in [-0.2, -0.15) is 5.26 Å². The first-order valence-corrected chi connectivity index (χ1v) is 5.98. The molecule has 0 heterocycles. The first-order chi connectivity index (χ1) is 9.76. The number of methoxy groups -OCH3 is 1. The van der Waals surface area contributed by atoms with E-state index in [1.165, 1.54) is 7.11 Å². The molecule has 0 atom stereocenters. The molecule has 0 amide bonds. The van der Waals surface area contributed by atoms with Crippen molar-refractivity contribution >= 4 is 5.97 Å². The Balaban J connectivity index is 0.000000246. The highest BCUT2D eigenvalue weighted by atomic mass is 16.5. The monoisotopic (exact) mass is 269 g/mol. The fraction of sp³-hybridized carbons (Fsp3) is 0.125. The number of benzene rings is 2. The van der Waals surface area contributed by atoms with Crippen LogP contribution >= 0.6 is 0 Å². The van der Waals surface area contributed by atoms with Gasteiger partial charge in [-0.25, -0.2) is 0 Å². The lowest BCUT2D eigenvalue weighted by Crippen LogP contribution is -1.96. The van der Waals surface area contributed by atoms with E-state index in [4.69, 9.17) is 10.00 Å². The highest BCUT2D eigenvalue weighted by Crippen LogP contribution is 2.19. The summed E-state index contributed by atoms with van der Waals surface area (Å²) in [6.45, 7) is 0. The molecule has 4 nitrogen and oxygen atoms in total. The van der Waals surface area contributed by atoms with Gasteiger partial charge in [0.25, 0.3) is 0 Å². The molecule has 0 aliphatic heterocycles. The number of carbonyl (C=O) groups is 1. The SMILES string of the molecule is COC(=O)CC#N.c1ccc(Oc2ccccc2)cc1. The summed E-state index contributed by atoms with van der Waals surface area (Å²) in [4.78, 5) is 9.97. The number of ether oxygens (including phenoxy) is 2. The summed E-state index contributed by atoms with van der Waals surface area (Å²) in [7, 11) is 1.25. The average molecular weight is 269 g/mol. The van der Waals surface area contributed by atoms with Crippen molar-refractivity contribution < 1.29 is 14.3 Å². The van der Waals surface area contributed by atoms with Crippen molar-refractivity contribution in [2.45, 2.75) is 6.42 Å². The van der Waals surface area contributed by atoms with Crippen LogP contribution in [-0.2, 0) is 9.53 Å². The molecule has 2 aromatic rings. The third kappa shape index (κ3) is 6.22. The first-order valence-electron chi connectivity index (χ1n) is 5.98. The Labute approximate surface area is 118 Å². The van der Waals surface area contributed by atoms with Crippen LogP contribution in [0.3, 0.4) is 0 Å². The number of carbonyl (C=O) groups excluding carboxylic acids is 1. The number of hydrogen-bond acceptors (Lipinski definition) is 4. The van der Waals surface area contributed by atoms with Gasteiger partial charge in [0, 0.05) is 0 Å². The summed E-state index contributed by atoms with van der Waals surface area (Å²) in [5, 5.41) is 7.82. The zero-order valence-corrected chi connectivity index (χ0v) is 11.2. The second-order valence-corrected chi connectivity index (χ2v) is 3.64. The predicted octanol–water partition coefficient (Wildman–Crippen LogP) is 3.55. The Bertz CT molecular complexity index is 509. The zero-order valence-electron chi connectivity index (χ0n) is 11.2. The van der Waals surface area contributed by atoms with Gasteiger partial charge in [-0.05, 0) is 24.3 Å². The van der Waals surface area contributed by atoms with E-state index >= 15 is 0 Å². The van der Waals surface area contributed by atoms with Crippen molar-refractivity contribution in [3.8, 4) is 17.6 Å². The lowest BCUT2D eigenvalue weighted by Gasteiger charge is -2.03. The van der Waals surface area contributed by atoms with Gasteiger partial charge in [0.15, 0.2) is 0 Å². The third-order valence-corrected chi connectivity index (χ3v) is 2.17. The molecule has 20 heavy (non-hydrogen) atoms. The summed E-state index contributed by atoms with van der Waals surface area (Å²) < 4.78 is 9.71. The molecule has 0 aromatic heterocycles. The van der Waals surface area contributed by atoms with E-state index < -0.39 is 5.97 Å². The molecule has 0 aliphatic carbocycles. The lowest BCUT2D eigenvalue weighted by atomic mass is 10.3. The van der Waals surface area contributed by atoms with Crippen molar-refractivity contribution in [1.29, 1.82) is 5.26 Å². The fourth-order valence-electron chi connectivity index (χ4n) is 1.25. The second kappa shape index (κ2) is 9.17. The molecule has 0 fully saturated rings. The van der Waals surface area contributed by atoms with Gasteiger partial charge in [-0.15, -0.1) is 0 Å². The quantitative estimate of drug-likeness (QED) is 0.799. The molecule has 0 aliphatic rings. The smallest absolute Gasteiger partial charge is 0.319 e. The molecule has 0 unspecified atom stereocenters. The summed E-state index contributed by atoms with van der Waals surface area (Å²) in [6, 6.07) is 21.2. The molecule has 0 spiro atoms. The maximum absolute atomic E-state index is 9.97. The maximum Gasteiger partial charge on any atom is 0.319 e. The Morgan fingerprint density at radius 1 is 1.00 bits per heavy atom. The molecule has 0 radical (unpaired) electrons. The van der Waals surface area contributed by atoms with Gasteiger partial charge in [-0.1, -0.05) is 36.4 Å². The fourth-order valence-corrected chi connectivity index (χ4v) is 1.25. The number of nitrogens with zero attached hydrogens (tertiary/aromatic N) is 1. The highest BCUT2D eigenvalue weighted by molar-refractivity contribution is 5.71. The van der Waals surface area contributed by atoms with Crippen LogP contribution in [0.2, 0.25) is 0 Å². The van der Waals surface area contributed by atoms with Crippen LogP contribution < -0.4 is 4.74 Å².